The van der Waals surface area contributed by atoms with Crippen molar-refractivity contribution in [2.45, 2.75) is 91.1 Å². The molecule has 0 aliphatic carbocycles. The molecule has 2 amide bonds. The molecular formula is C26H40N6O6. The van der Waals surface area contributed by atoms with Gasteiger partial charge in [0.25, 0.3) is 11.1 Å². The molecule has 0 saturated heterocycles. The Morgan fingerprint density at radius 2 is 0.974 bits per heavy atom. The maximum Gasteiger partial charge on any atom is 0.328 e. The fourth-order valence-electron chi connectivity index (χ4n) is 3.96. The molecule has 0 aliphatic heterocycles. The van der Waals surface area contributed by atoms with Crippen molar-refractivity contribution in [3.05, 3.63) is 65.2 Å². The van der Waals surface area contributed by atoms with Gasteiger partial charge >= 0.3 is 11.4 Å². The molecule has 0 radical (unpaired) electrons. The molecule has 0 aromatic carbocycles. The number of aromatic amines is 2. The fraction of sp³-hybridized carbons (Fsp3) is 0.615. The topological polar surface area (TPSA) is 168 Å². The summed E-state index contributed by atoms with van der Waals surface area (Å²) in [5.74, 6) is -0.235. The Labute approximate surface area is 220 Å². The van der Waals surface area contributed by atoms with Gasteiger partial charge in [0.2, 0.25) is 11.8 Å². The van der Waals surface area contributed by atoms with Crippen molar-refractivity contribution in [1.29, 1.82) is 0 Å². The number of nitrogens with one attached hydrogen (secondary N) is 4. The van der Waals surface area contributed by atoms with E-state index in [-0.39, 0.29) is 37.7 Å². The van der Waals surface area contributed by atoms with Gasteiger partial charge in [-0.3, -0.25) is 38.3 Å². The quantitative estimate of drug-likeness (QED) is 0.220. The van der Waals surface area contributed by atoms with Crippen molar-refractivity contribution in [3.8, 4) is 0 Å². The van der Waals surface area contributed by atoms with Crippen LogP contribution in [-0.2, 0) is 22.7 Å². The largest absolute Gasteiger partial charge is 0.356 e. The number of hydrogen-bond donors (Lipinski definition) is 4. The molecule has 210 valence electrons. The zero-order chi connectivity index (χ0) is 27.9. The number of aryl methyl sites for hydroxylation is 4. The third-order valence-corrected chi connectivity index (χ3v) is 6.29. The molecule has 4 N–H and O–H groups in total. The summed E-state index contributed by atoms with van der Waals surface area (Å²) in [5.41, 5.74) is -0.971. The van der Waals surface area contributed by atoms with E-state index < -0.39 is 22.5 Å². The Balaban J connectivity index is 1.41. The number of nitrogens with zero attached hydrogens (tertiary/aromatic N) is 2. The molecule has 0 atom stereocenters. The molecule has 38 heavy (non-hydrogen) atoms. The molecule has 2 rings (SSSR count). The van der Waals surface area contributed by atoms with Crippen molar-refractivity contribution in [2.24, 2.45) is 0 Å². The van der Waals surface area contributed by atoms with Crippen LogP contribution in [-0.4, -0.2) is 44.0 Å². The maximum atomic E-state index is 12.0. The highest BCUT2D eigenvalue weighted by Crippen LogP contribution is 2.08. The summed E-state index contributed by atoms with van der Waals surface area (Å²) >= 11 is 0. The van der Waals surface area contributed by atoms with Gasteiger partial charge in [0.05, 0.1) is 0 Å². The fourth-order valence-corrected chi connectivity index (χ4v) is 3.96. The van der Waals surface area contributed by atoms with Crippen molar-refractivity contribution in [3.63, 3.8) is 0 Å². The molecule has 12 heteroatoms. The van der Waals surface area contributed by atoms with Crippen LogP contribution in [0.25, 0.3) is 0 Å². The molecule has 0 fully saturated rings. The van der Waals surface area contributed by atoms with Gasteiger partial charge in [0.1, 0.15) is 0 Å². The second kappa shape index (κ2) is 16.2. The van der Waals surface area contributed by atoms with Gasteiger partial charge in [0, 0.05) is 62.5 Å². The number of rotatable bonds is 17. The molecular weight excluding hydrogens is 492 g/mol. The standard InChI is InChI=1S/C26H40N6O6/c1-19-17-31(25(37)29-23(19)35)15-11-21(33)27-13-9-7-5-3-4-6-8-10-14-28-22(34)12-16-32-18-20(2)24(36)30-26(32)38/h17-18H,3-16H2,1-2H3,(H,27,33)(H,28,34)(H,29,35,37)(H,30,36,38). The summed E-state index contributed by atoms with van der Waals surface area (Å²) in [6.45, 7) is 4.89. The second-order valence-corrected chi connectivity index (χ2v) is 9.56. The van der Waals surface area contributed by atoms with Crippen LogP contribution in [0.2, 0.25) is 0 Å². The Bertz CT molecular complexity index is 1190. The molecule has 0 aliphatic rings. The minimum Gasteiger partial charge on any atom is -0.356 e. The van der Waals surface area contributed by atoms with Crippen LogP contribution >= 0.6 is 0 Å². The number of unbranched alkanes of at least 4 members (excludes halogenated alkanes) is 7. The molecule has 2 heterocycles. The number of aromatic nitrogens is 4. The van der Waals surface area contributed by atoms with E-state index in [4.69, 9.17) is 0 Å². The van der Waals surface area contributed by atoms with Gasteiger partial charge in [-0.2, -0.15) is 0 Å². The summed E-state index contributed by atoms with van der Waals surface area (Å²) < 4.78 is 2.68. The lowest BCUT2D eigenvalue weighted by atomic mass is 10.1. The molecule has 12 nitrogen and oxygen atoms in total. The van der Waals surface area contributed by atoms with E-state index in [0.29, 0.717) is 24.2 Å². The SMILES string of the molecule is Cc1cn(CCC(=O)NCCCCCCCCCCNC(=O)CCn2cc(C)c(=O)[nH]c2=O)c(=O)[nH]c1=O. The first kappa shape index (κ1) is 30.5. The number of amides is 2. The van der Waals surface area contributed by atoms with Gasteiger partial charge in [-0.15, -0.1) is 0 Å². The van der Waals surface area contributed by atoms with Crippen molar-refractivity contribution in [2.75, 3.05) is 13.1 Å². The highest BCUT2D eigenvalue weighted by Gasteiger charge is 2.06. The van der Waals surface area contributed by atoms with Gasteiger partial charge in [0.15, 0.2) is 0 Å². The molecule has 0 saturated carbocycles. The lowest BCUT2D eigenvalue weighted by Gasteiger charge is -2.08. The summed E-state index contributed by atoms with van der Waals surface area (Å²) in [6.07, 6.45) is 11.6. The van der Waals surface area contributed by atoms with Gasteiger partial charge in [-0.25, -0.2) is 9.59 Å². The first-order chi connectivity index (χ1) is 18.2. The van der Waals surface area contributed by atoms with E-state index in [2.05, 4.69) is 20.6 Å². The summed E-state index contributed by atoms with van der Waals surface area (Å²) in [7, 11) is 0. The van der Waals surface area contributed by atoms with Crippen LogP contribution in [0.15, 0.2) is 31.6 Å². The summed E-state index contributed by atoms with van der Waals surface area (Å²) in [6, 6.07) is 0. The number of carbonyl (C=O) groups excluding carboxylic acids is 2. The average molecular weight is 533 g/mol. The van der Waals surface area contributed by atoms with Crippen LogP contribution in [0.4, 0.5) is 0 Å². The van der Waals surface area contributed by atoms with Crippen molar-refractivity contribution in [1.82, 2.24) is 29.7 Å². The zero-order valence-corrected chi connectivity index (χ0v) is 22.4. The molecule has 2 aromatic rings. The third kappa shape index (κ3) is 11.1. The lowest BCUT2D eigenvalue weighted by molar-refractivity contribution is -0.122. The van der Waals surface area contributed by atoms with Crippen molar-refractivity contribution >= 4 is 11.8 Å². The molecule has 2 aromatic heterocycles. The summed E-state index contributed by atoms with van der Waals surface area (Å²) in [4.78, 5) is 74.6. The van der Waals surface area contributed by atoms with Crippen LogP contribution in [0.3, 0.4) is 0 Å². The molecule has 0 unspecified atom stereocenters. The zero-order valence-electron chi connectivity index (χ0n) is 22.4. The summed E-state index contributed by atoms with van der Waals surface area (Å²) in [5, 5.41) is 5.73. The Morgan fingerprint density at radius 3 is 1.34 bits per heavy atom. The van der Waals surface area contributed by atoms with E-state index in [0.717, 1.165) is 51.4 Å². The van der Waals surface area contributed by atoms with Crippen LogP contribution in [0, 0.1) is 13.8 Å². The molecule has 0 spiro atoms. The van der Waals surface area contributed by atoms with Crippen LogP contribution < -0.4 is 33.1 Å². The number of hydrogen-bond acceptors (Lipinski definition) is 6. The maximum absolute atomic E-state index is 12.0. The van der Waals surface area contributed by atoms with E-state index in [1.807, 2.05) is 0 Å². The molecule has 0 bridgehead atoms. The highest BCUT2D eigenvalue weighted by atomic mass is 16.2. The Kier molecular flexibility index (Phi) is 13.0. The van der Waals surface area contributed by atoms with Crippen LogP contribution in [0.1, 0.15) is 75.3 Å². The van der Waals surface area contributed by atoms with E-state index >= 15 is 0 Å². The third-order valence-electron chi connectivity index (χ3n) is 6.29. The average Bonchev–Trinajstić information content (AvgIpc) is 2.87. The first-order valence-electron chi connectivity index (χ1n) is 13.3. The van der Waals surface area contributed by atoms with E-state index in [9.17, 15) is 28.8 Å². The predicted octanol–water partition coefficient (Wildman–Crippen LogP) is 0.837. The van der Waals surface area contributed by atoms with Crippen LogP contribution in [0.5, 0.6) is 0 Å². The van der Waals surface area contributed by atoms with Gasteiger partial charge < -0.3 is 10.6 Å². The smallest absolute Gasteiger partial charge is 0.328 e. The minimum atomic E-state index is -0.508. The van der Waals surface area contributed by atoms with Gasteiger partial charge in [-0.1, -0.05) is 38.5 Å². The second-order valence-electron chi connectivity index (χ2n) is 9.56. The predicted molar refractivity (Wildman–Crippen MR) is 144 cm³/mol. The lowest BCUT2D eigenvalue weighted by Crippen LogP contribution is -2.33. The number of carbonyl (C=O) groups is 2. The monoisotopic (exact) mass is 532 g/mol. The number of H-pyrrole nitrogens is 2. The van der Waals surface area contributed by atoms with E-state index in [1.165, 1.54) is 21.5 Å². The van der Waals surface area contributed by atoms with E-state index in [1.54, 1.807) is 13.8 Å². The first-order valence-corrected chi connectivity index (χ1v) is 13.3. The highest BCUT2D eigenvalue weighted by molar-refractivity contribution is 5.76. The van der Waals surface area contributed by atoms with Crippen molar-refractivity contribution < 1.29 is 9.59 Å². The normalized spacial score (nSPS) is 10.9. The Morgan fingerprint density at radius 1 is 0.632 bits per heavy atom. The minimum absolute atomic E-state index is 0.117. The van der Waals surface area contributed by atoms with Gasteiger partial charge in [-0.05, 0) is 26.7 Å². The Hall–Kier alpha value is -3.70.